The lowest BCUT2D eigenvalue weighted by atomic mass is 9.93. The maximum Gasteiger partial charge on any atom is 0.534 e. The molecule has 0 N–H and O–H groups in total. The number of fused-ring (bicyclic) bond motifs is 1. The topological polar surface area (TPSA) is 43.4 Å². The van der Waals surface area contributed by atoms with Gasteiger partial charge in [0.15, 0.2) is 0 Å². The van der Waals surface area contributed by atoms with Crippen LogP contribution >= 0.6 is 23.2 Å². The van der Waals surface area contributed by atoms with Gasteiger partial charge in [-0.3, -0.25) is 0 Å². The Morgan fingerprint density at radius 3 is 2.40 bits per heavy atom. The molecule has 0 aromatic heterocycles. The van der Waals surface area contributed by atoms with E-state index in [1.54, 1.807) is 24.3 Å². The molecule has 0 aliphatic heterocycles. The molecular formula is C16H11Cl2F3O3S. The molecule has 2 aromatic carbocycles. The maximum atomic E-state index is 12.5. The second-order valence-corrected chi connectivity index (χ2v) is 7.98. The highest BCUT2D eigenvalue weighted by Gasteiger charge is 2.48. The van der Waals surface area contributed by atoms with E-state index in [0.717, 1.165) is 11.1 Å². The van der Waals surface area contributed by atoms with Gasteiger partial charge in [0.05, 0.1) is 0 Å². The van der Waals surface area contributed by atoms with Gasteiger partial charge in [-0.2, -0.15) is 21.6 Å². The molecule has 3 rings (SSSR count). The van der Waals surface area contributed by atoms with Crippen LogP contribution in [0.1, 0.15) is 29.0 Å². The van der Waals surface area contributed by atoms with E-state index < -0.39 is 15.6 Å². The molecule has 1 unspecified atom stereocenters. The second kappa shape index (κ2) is 6.37. The molecule has 0 bridgehead atoms. The van der Waals surface area contributed by atoms with Gasteiger partial charge in [0, 0.05) is 16.0 Å². The Morgan fingerprint density at radius 1 is 1.04 bits per heavy atom. The van der Waals surface area contributed by atoms with Crippen molar-refractivity contribution in [2.45, 2.75) is 24.3 Å². The molecule has 25 heavy (non-hydrogen) atoms. The fourth-order valence-corrected chi connectivity index (χ4v) is 3.91. The lowest BCUT2D eigenvalue weighted by Crippen LogP contribution is -2.28. The van der Waals surface area contributed by atoms with E-state index in [9.17, 15) is 21.6 Å². The van der Waals surface area contributed by atoms with Gasteiger partial charge >= 0.3 is 15.6 Å². The Labute approximate surface area is 152 Å². The number of halogens is 5. The maximum absolute atomic E-state index is 12.5. The number of hydrogen-bond acceptors (Lipinski definition) is 3. The van der Waals surface area contributed by atoms with Crippen LogP contribution in [-0.4, -0.2) is 13.9 Å². The first-order valence-electron chi connectivity index (χ1n) is 7.17. The zero-order valence-electron chi connectivity index (χ0n) is 12.5. The first kappa shape index (κ1) is 18.4. The summed E-state index contributed by atoms with van der Waals surface area (Å²) in [5.41, 5.74) is -3.10. The summed E-state index contributed by atoms with van der Waals surface area (Å²) in [6.45, 7) is 0. The number of aryl methyl sites for hydroxylation is 1. The van der Waals surface area contributed by atoms with E-state index >= 15 is 0 Å². The van der Waals surface area contributed by atoms with E-state index in [1.165, 1.54) is 12.1 Å². The quantitative estimate of drug-likeness (QED) is 0.509. The Balaban J connectivity index is 1.97. The van der Waals surface area contributed by atoms with Crippen LogP contribution in [0.5, 0.6) is 5.75 Å². The van der Waals surface area contributed by atoms with E-state index in [1.807, 2.05) is 0 Å². The molecule has 0 radical (unpaired) electrons. The summed E-state index contributed by atoms with van der Waals surface area (Å²) in [4.78, 5) is 0. The number of rotatable bonds is 3. The van der Waals surface area contributed by atoms with Gasteiger partial charge in [0.25, 0.3) is 0 Å². The first-order chi connectivity index (χ1) is 11.6. The Bertz CT molecular complexity index is 927. The standard InChI is InChI=1S/C16H11Cl2F3O3S/c17-10-3-6-13(15(18)7-10)12-5-2-9-1-4-11(8-14(9)12)24-25(22,23)16(19,20)21/h1,3-4,6-8,12H,2,5H2. The summed E-state index contributed by atoms with van der Waals surface area (Å²) in [5.74, 6) is -0.551. The van der Waals surface area contributed by atoms with Crippen molar-refractivity contribution in [3.05, 3.63) is 63.1 Å². The van der Waals surface area contributed by atoms with Gasteiger partial charge in [0.1, 0.15) is 5.75 Å². The molecule has 0 fully saturated rings. The van der Waals surface area contributed by atoms with E-state index in [0.29, 0.717) is 28.5 Å². The zero-order chi connectivity index (χ0) is 18.4. The lowest BCUT2D eigenvalue weighted by molar-refractivity contribution is -0.0500. The van der Waals surface area contributed by atoms with E-state index in [2.05, 4.69) is 4.18 Å². The van der Waals surface area contributed by atoms with Crippen LogP contribution in [0.2, 0.25) is 10.0 Å². The van der Waals surface area contributed by atoms with E-state index in [-0.39, 0.29) is 11.7 Å². The molecule has 134 valence electrons. The van der Waals surface area contributed by atoms with Crippen LogP contribution in [0.15, 0.2) is 36.4 Å². The zero-order valence-corrected chi connectivity index (χ0v) is 14.8. The van der Waals surface area contributed by atoms with Crippen LogP contribution in [-0.2, 0) is 16.5 Å². The van der Waals surface area contributed by atoms with Crippen LogP contribution in [0.25, 0.3) is 0 Å². The highest BCUT2D eigenvalue weighted by Crippen LogP contribution is 2.43. The number of hydrogen-bond donors (Lipinski definition) is 0. The van der Waals surface area contributed by atoms with Crippen molar-refractivity contribution in [1.29, 1.82) is 0 Å². The minimum absolute atomic E-state index is 0.170. The van der Waals surface area contributed by atoms with Gasteiger partial charge in [-0.05, 0) is 53.8 Å². The van der Waals surface area contributed by atoms with Crippen LogP contribution in [0, 0.1) is 0 Å². The summed E-state index contributed by atoms with van der Waals surface area (Å²) in [7, 11) is -5.71. The van der Waals surface area contributed by atoms with Crippen molar-refractivity contribution in [2.24, 2.45) is 0 Å². The monoisotopic (exact) mass is 410 g/mol. The fourth-order valence-electron chi connectivity index (χ4n) is 2.91. The molecule has 1 aliphatic carbocycles. The smallest absolute Gasteiger partial charge is 0.376 e. The van der Waals surface area contributed by atoms with Crippen molar-refractivity contribution >= 4 is 33.3 Å². The highest BCUT2D eigenvalue weighted by molar-refractivity contribution is 7.88. The van der Waals surface area contributed by atoms with Gasteiger partial charge in [-0.1, -0.05) is 35.3 Å². The normalized spacial score (nSPS) is 17.4. The third kappa shape index (κ3) is 3.59. The second-order valence-electron chi connectivity index (χ2n) is 5.60. The van der Waals surface area contributed by atoms with Gasteiger partial charge < -0.3 is 4.18 Å². The molecule has 2 aromatic rings. The predicted molar refractivity (Wildman–Crippen MR) is 88.7 cm³/mol. The van der Waals surface area contributed by atoms with Crippen LogP contribution < -0.4 is 4.18 Å². The third-order valence-corrected chi connectivity index (χ3v) is 5.56. The number of alkyl halides is 3. The molecule has 0 saturated heterocycles. The summed E-state index contributed by atoms with van der Waals surface area (Å²) in [6, 6.07) is 9.13. The van der Waals surface area contributed by atoms with E-state index in [4.69, 9.17) is 23.2 Å². The van der Waals surface area contributed by atoms with Crippen molar-refractivity contribution < 1.29 is 25.8 Å². The molecule has 0 amide bonds. The van der Waals surface area contributed by atoms with Gasteiger partial charge in [-0.15, -0.1) is 0 Å². The Morgan fingerprint density at radius 2 is 1.76 bits per heavy atom. The molecule has 9 heteroatoms. The predicted octanol–water partition coefficient (Wildman–Crippen LogP) is 5.30. The van der Waals surface area contributed by atoms with Crippen molar-refractivity contribution in [3.8, 4) is 5.75 Å². The molecule has 1 aliphatic rings. The molecule has 0 saturated carbocycles. The fraction of sp³-hybridized carbons (Fsp3) is 0.250. The van der Waals surface area contributed by atoms with Gasteiger partial charge in [-0.25, -0.2) is 0 Å². The minimum atomic E-state index is -5.71. The molecule has 1 atom stereocenters. The Hall–Kier alpha value is -1.44. The van der Waals surface area contributed by atoms with Gasteiger partial charge in [0.2, 0.25) is 0 Å². The molecule has 0 heterocycles. The van der Waals surface area contributed by atoms with Crippen molar-refractivity contribution in [2.75, 3.05) is 0 Å². The minimum Gasteiger partial charge on any atom is -0.376 e. The third-order valence-electron chi connectivity index (χ3n) is 4.02. The largest absolute Gasteiger partial charge is 0.534 e. The summed E-state index contributed by atoms with van der Waals surface area (Å²) in [5, 5.41) is 0.917. The summed E-state index contributed by atoms with van der Waals surface area (Å²) >= 11 is 12.1. The average Bonchev–Trinajstić information content (AvgIpc) is 2.89. The Kier molecular flexibility index (Phi) is 4.68. The summed E-state index contributed by atoms with van der Waals surface area (Å²) in [6.07, 6.45) is 1.40. The molecule has 3 nitrogen and oxygen atoms in total. The lowest BCUT2D eigenvalue weighted by Gasteiger charge is -2.16. The first-order valence-corrected chi connectivity index (χ1v) is 9.33. The molecule has 0 spiro atoms. The highest BCUT2D eigenvalue weighted by atomic mass is 35.5. The van der Waals surface area contributed by atoms with Crippen LogP contribution in [0.3, 0.4) is 0 Å². The van der Waals surface area contributed by atoms with Crippen molar-refractivity contribution in [3.63, 3.8) is 0 Å². The van der Waals surface area contributed by atoms with Crippen LogP contribution in [0.4, 0.5) is 13.2 Å². The number of benzene rings is 2. The average molecular weight is 411 g/mol. The SMILES string of the molecule is O=S(=O)(Oc1ccc2c(c1)C(c1ccc(Cl)cc1Cl)CC2)C(F)(F)F. The molecular weight excluding hydrogens is 400 g/mol. The summed E-state index contributed by atoms with van der Waals surface area (Å²) < 4.78 is 64.0. The van der Waals surface area contributed by atoms with Crippen molar-refractivity contribution in [1.82, 2.24) is 0 Å².